The van der Waals surface area contributed by atoms with Crippen LogP contribution in [0.4, 0.5) is 0 Å². The zero-order valence-corrected chi connectivity index (χ0v) is 17.9. The molecule has 0 saturated heterocycles. The van der Waals surface area contributed by atoms with Crippen molar-refractivity contribution in [1.29, 1.82) is 0 Å². The fourth-order valence-corrected chi connectivity index (χ4v) is 4.21. The van der Waals surface area contributed by atoms with E-state index in [1.165, 1.54) is 0 Å². The van der Waals surface area contributed by atoms with Gasteiger partial charge in [-0.1, -0.05) is 30.3 Å². The van der Waals surface area contributed by atoms with Crippen molar-refractivity contribution in [3.63, 3.8) is 0 Å². The molecule has 0 saturated carbocycles. The first kappa shape index (κ1) is 20.7. The Bertz CT molecular complexity index is 1120. The summed E-state index contributed by atoms with van der Waals surface area (Å²) in [4.78, 5) is 28.9. The van der Waals surface area contributed by atoms with Gasteiger partial charge in [0.25, 0.3) is 0 Å². The largest absolute Gasteiger partial charge is 0.497 e. The van der Waals surface area contributed by atoms with E-state index in [2.05, 4.69) is 4.98 Å². The molecule has 3 aromatic rings. The van der Waals surface area contributed by atoms with Gasteiger partial charge in [0.2, 0.25) is 0 Å². The highest BCUT2D eigenvalue weighted by Crippen LogP contribution is 2.40. The molecule has 4 rings (SSSR count). The maximum absolute atomic E-state index is 13.0. The molecule has 2 aromatic carbocycles. The Hall–Kier alpha value is -3.54. The predicted octanol–water partition coefficient (Wildman–Crippen LogP) is 4.61. The van der Waals surface area contributed by atoms with Crippen LogP contribution in [0.25, 0.3) is 0 Å². The number of carbonyl (C=O) groups excluding carboxylic acids is 2. The van der Waals surface area contributed by atoms with Crippen LogP contribution in [-0.4, -0.2) is 31.0 Å². The number of ether oxygens (including phenoxy) is 3. The first-order valence-electron chi connectivity index (χ1n) is 10.2. The van der Waals surface area contributed by atoms with E-state index in [1.807, 2.05) is 48.5 Å². The van der Waals surface area contributed by atoms with Crippen LogP contribution < -0.4 is 9.47 Å². The summed E-state index contributed by atoms with van der Waals surface area (Å²) < 4.78 is 16.3. The van der Waals surface area contributed by atoms with Gasteiger partial charge in [0, 0.05) is 29.2 Å². The number of benzene rings is 2. The van der Waals surface area contributed by atoms with E-state index in [0.717, 1.165) is 16.8 Å². The number of Topliss-reactive ketones (excluding diaryl/α,β-unsaturated/α-hetero) is 1. The van der Waals surface area contributed by atoms with Gasteiger partial charge >= 0.3 is 5.97 Å². The van der Waals surface area contributed by atoms with Crippen LogP contribution in [-0.2, 0) is 17.8 Å². The summed E-state index contributed by atoms with van der Waals surface area (Å²) in [5.74, 6) is 0.900. The van der Waals surface area contributed by atoms with Crippen LogP contribution >= 0.6 is 0 Å². The van der Waals surface area contributed by atoms with Crippen molar-refractivity contribution in [2.24, 2.45) is 0 Å². The van der Waals surface area contributed by atoms with E-state index < -0.39 is 5.97 Å². The van der Waals surface area contributed by atoms with Crippen LogP contribution in [0.5, 0.6) is 11.5 Å². The summed E-state index contributed by atoms with van der Waals surface area (Å²) >= 11 is 0. The average Bonchev–Trinajstić information content (AvgIpc) is 3.14. The Kier molecular flexibility index (Phi) is 5.80. The molecule has 1 atom stereocenters. The Balaban J connectivity index is 1.59. The first-order valence-corrected chi connectivity index (χ1v) is 10.2. The molecular weight excluding hydrogens is 394 g/mol. The van der Waals surface area contributed by atoms with Gasteiger partial charge < -0.3 is 19.2 Å². The van der Waals surface area contributed by atoms with E-state index in [1.54, 1.807) is 21.1 Å². The zero-order valence-electron chi connectivity index (χ0n) is 17.9. The lowest BCUT2D eigenvalue weighted by molar-refractivity contribution is 0.0465. The highest BCUT2D eigenvalue weighted by molar-refractivity contribution is 6.03. The fraction of sp³-hybridized carbons (Fsp3) is 0.280. The number of nitrogens with one attached hydrogen (secondary N) is 1. The highest BCUT2D eigenvalue weighted by Gasteiger charge is 2.33. The minimum Gasteiger partial charge on any atom is -0.497 e. The third kappa shape index (κ3) is 4.06. The molecule has 160 valence electrons. The number of fused-ring (bicyclic) bond motifs is 1. The molecule has 0 unspecified atom stereocenters. The van der Waals surface area contributed by atoms with Gasteiger partial charge in [-0.3, -0.25) is 4.79 Å². The van der Waals surface area contributed by atoms with Gasteiger partial charge in [-0.25, -0.2) is 4.79 Å². The normalized spacial score (nSPS) is 15.3. The molecule has 1 aliphatic rings. The summed E-state index contributed by atoms with van der Waals surface area (Å²) in [7, 11) is 3.22. The van der Waals surface area contributed by atoms with Gasteiger partial charge in [-0.05, 0) is 42.7 Å². The van der Waals surface area contributed by atoms with Gasteiger partial charge in [0.15, 0.2) is 5.78 Å². The quantitative estimate of drug-likeness (QED) is 0.591. The fourth-order valence-electron chi connectivity index (χ4n) is 4.21. The number of methoxy groups -OCH3 is 2. The molecule has 6 nitrogen and oxygen atoms in total. The monoisotopic (exact) mass is 419 g/mol. The number of hydrogen-bond acceptors (Lipinski definition) is 5. The second-order valence-corrected chi connectivity index (χ2v) is 7.68. The first-order chi connectivity index (χ1) is 15.0. The highest BCUT2D eigenvalue weighted by atomic mass is 16.5. The van der Waals surface area contributed by atoms with Gasteiger partial charge in [0.1, 0.15) is 23.8 Å². The number of ketones is 1. The third-order valence-corrected chi connectivity index (χ3v) is 5.78. The van der Waals surface area contributed by atoms with E-state index in [9.17, 15) is 9.59 Å². The minimum atomic E-state index is -0.459. The average molecular weight is 419 g/mol. The number of aromatic amines is 1. The number of carbonyl (C=O) groups is 2. The maximum atomic E-state index is 13.0. The van der Waals surface area contributed by atoms with E-state index >= 15 is 0 Å². The molecule has 0 bridgehead atoms. The maximum Gasteiger partial charge on any atom is 0.355 e. The molecule has 0 fully saturated rings. The van der Waals surface area contributed by atoms with Crippen molar-refractivity contribution in [3.05, 3.63) is 82.2 Å². The van der Waals surface area contributed by atoms with Crippen molar-refractivity contribution in [1.82, 2.24) is 4.98 Å². The second kappa shape index (κ2) is 8.68. The van der Waals surface area contributed by atoms with E-state index in [-0.39, 0.29) is 18.3 Å². The Morgan fingerprint density at radius 2 is 1.84 bits per heavy atom. The molecule has 6 heteroatoms. The third-order valence-electron chi connectivity index (χ3n) is 5.78. The number of esters is 1. The molecule has 1 aliphatic carbocycles. The molecule has 1 heterocycles. The number of hydrogen-bond donors (Lipinski definition) is 1. The minimum absolute atomic E-state index is 0.00647. The topological polar surface area (TPSA) is 77.6 Å². The van der Waals surface area contributed by atoms with Crippen LogP contribution in [0.15, 0.2) is 48.5 Å². The number of H-pyrrole nitrogens is 1. The molecule has 31 heavy (non-hydrogen) atoms. The Labute approximate surface area is 181 Å². The van der Waals surface area contributed by atoms with Crippen molar-refractivity contribution in [2.75, 3.05) is 14.2 Å². The Morgan fingerprint density at radius 1 is 1.06 bits per heavy atom. The van der Waals surface area contributed by atoms with Gasteiger partial charge in [-0.15, -0.1) is 0 Å². The van der Waals surface area contributed by atoms with Crippen molar-refractivity contribution < 1.29 is 23.8 Å². The van der Waals surface area contributed by atoms with Gasteiger partial charge in [-0.2, -0.15) is 0 Å². The SMILES string of the molecule is COc1ccc(OC)c([C@@H]2CC(=O)c3c([nH]c(C(=O)OCc4ccccc4)c3C)C2)c1. The lowest BCUT2D eigenvalue weighted by Crippen LogP contribution is -2.19. The van der Waals surface area contributed by atoms with E-state index in [4.69, 9.17) is 14.2 Å². The Morgan fingerprint density at radius 3 is 2.55 bits per heavy atom. The molecule has 0 amide bonds. The molecule has 1 aromatic heterocycles. The molecule has 0 aliphatic heterocycles. The smallest absolute Gasteiger partial charge is 0.355 e. The molecule has 1 N–H and O–H groups in total. The van der Waals surface area contributed by atoms with Crippen LogP contribution in [0, 0.1) is 6.92 Å². The van der Waals surface area contributed by atoms with Crippen LogP contribution in [0.1, 0.15) is 55.6 Å². The van der Waals surface area contributed by atoms with Crippen molar-refractivity contribution >= 4 is 11.8 Å². The zero-order chi connectivity index (χ0) is 22.0. The molecule has 0 radical (unpaired) electrons. The van der Waals surface area contributed by atoms with Gasteiger partial charge in [0.05, 0.1) is 14.2 Å². The number of aromatic nitrogens is 1. The lowest BCUT2D eigenvalue weighted by Gasteiger charge is -2.24. The van der Waals surface area contributed by atoms with Crippen molar-refractivity contribution in [3.8, 4) is 11.5 Å². The standard InChI is InChI=1S/C25H25NO5/c1-15-23-20(26-24(15)25(28)31-14-16-7-5-4-6-8-16)11-17(12-21(23)27)19-13-18(29-2)9-10-22(19)30-3/h4-10,13,17,26H,11-12,14H2,1-3H3/t17-/m0/s1. The second-order valence-electron chi connectivity index (χ2n) is 7.68. The molecular formula is C25H25NO5. The summed E-state index contributed by atoms with van der Waals surface area (Å²) in [5.41, 5.74) is 4.18. The summed E-state index contributed by atoms with van der Waals surface area (Å²) in [5, 5.41) is 0. The van der Waals surface area contributed by atoms with Crippen molar-refractivity contribution in [2.45, 2.75) is 32.3 Å². The predicted molar refractivity (Wildman–Crippen MR) is 116 cm³/mol. The summed E-state index contributed by atoms with van der Waals surface area (Å²) in [6.07, 6.45) is 0.936. The van der Waals surface area contributed by atoms with E-state index in [0.29, 0.717) is 41.2 Å². The van der Waals surface area contributed by atoms with Crippen LogP contribution in [0.3, 0.4) is 0 Å². The molecule has 0 spiro atoms. The summed E-state index contributed by atoms with van der Waals surface area (Å²) in [6.45, 7) is 1.97. The summed E-state index contributed by atoms with van der Waals surface area (Å²) in [6, 6.07) is 15.1. The van der Waals surface area contributed by atoms with Crippen LogP contribution in [0.2, 0.25) is 0 Å². The lowest BCUT2D eigenvalue weighted by atomic mass is 9.81. The number of rotatable bonds is 6.